The molecule has 2 aromatic carbocycles. The number of fused-ring (bicyclic) bond motifs is 2. The molecule has 0 aliphatic carbocycles. The second kappa shape index (κ2) is 6.67. The van der Waals surface area contributed by atoms with Crippen molar-refractivity contribution in [3.8, 4) is 11.5 Å². The number of likely N-dealkylation sites (tertiary alicyclic amines) is 1. The van der Waals surface area contributed by atoms with E-state index in [1.165, 1.54) is 11.6 Å². The first-order chi connectivity index (χ1) is 13.6. The summed E-state index contributed by atoms with van der Waals surface area (Å²) in [6.45, 7) is 3.63. The fourth-order valence-corrected chi connectivity index (χ4v) is 4.22. The van der Waals surface area contributed by atoms with Gasteiger partial charge < -0.3 is 20.1 Å². The van der Waals surface area contributed by atoms with E-state index in [4.69, 9.17) is 9.47 Å². The molecule has 3 aliphatic rings. The van der Waals surface area contributed by atoms with Gasteiger partial charge in [-0.15, -0.1) is 0 Å². The highest BCUT2D eigenvalue weighted by Crippen LogP contribution is 2.34. The number of amides is 1. The maximum Gasteiger partial charge on any atom is 0.258 e. The Kier molecular flexibility index (Phi) is 4.12. The van der Waals surface area contributed by atoms with Gasteiger partial charge in [-0.2, -0.15) is 0 Å². The highest BCUT2D eigenvalue weighted by molar-refractivity contribution is 6.02. The third-order valence-corrected chi connectivity index (χ3v) is 5.69. The Bertz CT molecular complexity index is 925. The van der Waals surface area contributed by atoms with Gasteiger partial charge in [-0.3, -0.25) is 9.69 Å². The number of hydrogen-bond donors (Lipinski definition) is 2. The van der Waals surface area contributed by atoms with E-state index in [0.29, 0.717) is 18.9 Å². The number of carbonyl (C=O) groups excluding carboxylic acids is 1. The van der Waals surface area contributed by atoms with E-state index in [-0.39, 0.29) is 11.5 Å². The Morgan fingerprint density at radius 1 is 1.04 bits per heavy atom. The lowest BCUT2D eigenvalue weighted by Gasteiger charge is -2.46. The molecule has 3 aliphatic heterocycles. The van der Waals surface area contributed by atoms with Crippen molar-refractivity contribution in [2.45, 2.75) is 25.0 Å². The highest BCUT2D eigenvalue weighted by atomic mass is 19.1. The number of rotatable bonds is 2. The summed E-state index contributed by atoms with van der Waals surface area (Å²) in [5, 5.41) is 6.37. The van der Waals surface area contributed by atoms with Crippen molar-refractivity contribution in [1.29, 1.82) is 0 Å². The standard InChI is InChI=1S/C21H22FN3O3/c22-15-2-1-3-16-19(15)20(26)24-21(23-16)6-8-25(9-7-21)13-14-4-5-17-18(12-14)28-11-10-27-17/h1-5,12,23H,6-11,13H2,(H,24,26). The number of carbonyl (C=O) groups is 1. The van der Waals surface area contributed by atoms with Crippen LogP contribution >= 0.6 is 0 Å². The average Bonchev–Trinajstić information content (AvgIpc) is 2.70. The molecule has 1 saturated heterocycles. The van der Waals surface area contributed by atoms with Crippen molar-refractivity contribution in [2.24, 2.45) is 0 Å². The molecule has 146 valence electrons. The van der Waals surface area contributed by atoms with E-state index in [1.807, 2.05) is 12.1 Å². The Morgan fingerprint density at radius 3 is 2.64 bits per heavy atom. The van der Waals surface area contributed by atoms with Gasteiger partial charge in [-0.1, -0.05) is 12.1 Å². The quantitative estimate of drug-likeness (QED) is 0.835. The molecule has 1 spiro atoms. The van der Waals surface area contributed by atoms with E-state index < -0.39 is 11.5 Å². The first-order valence-corrected chi connectivity index (χ1v) is 9.62. The minimum absolute atomic E-state index is 0.104. The topological polar surface area (TPSA) is 62.8 Å². The van der Waals surface area contributed by atoms with Crippen molar-refractivity contribution in [3.05, 3.63) is 53.3 Å². The summed E-state index contributed by atoms with van der Waals surface area (Å²) in [6, 6.07) is 10.8. The van der Waals surface area contributed by atoms with E-state index in [9.17, 15) is 9.18 Å². The maximum atomic E-state index is 14.0. The molecule has 0 unspecified atom stereocenters. The minimum Gasteiger partial charge on any atom is -0.486 e. The largest absolute Gasteiger partial charge is 0.486 e. The molecule has 0 atom stereocenters. The number of nitrogens with zero attached hydrogens (tertiary/aromatic N) is 1. The van der Waals surface area contributed by atoms with E-state index >= 15 is 0 Å². The number of piperidine rings is 1. The van der Waals surface area contributed by atoms with Crippen molar-refractivity contribution >= 4 is 11.6 Å². The fourth-order valence-electron chi connectivity index (χ4n) is 4.22. The van der Waals surface area contributed by atoms with Crippen LogP contribution in [0, 0.1) is 5.82 Å². The average molecular weight is 383 g/mol. The van der Waals surface area contributed by atoms with Gasteiger partial charge in [-0.05, 0) is 29.8 Å². The zero-order valence-corrected chi connectivity index (χ0v) is 15.5. The van der Waals surface area contributed by atoms with Crippen molar-refractivity contribution in [3.63, 3.8) is 0 Å². The van der Waals surface area contributed by atoms with Crippen LogP contribution < -0.4 is 20.1 Å². The summed E-state index contributed by atoms with van der Waals surface area (Å²) in [6.07, 6.45) is 1.50. The molecule has 3 heterocycles. The van der Waals surface area contributed by atoms with Crippen LogP contribution in [0.15, 0.2) is 36.4 Å². The lowest BCUT2D eigenvalue weighted by molar-refractivity contribution is 0.0817. The number of halogens is 1. The molecular formula is C21H22FN3O3. The Morgan fingerprint density at radius 2 is 1.82 bits per heavy atom. The Hall–Kier alpha value is -2.80. The van der Waals surface area contributed by atoms with Crippen molar-refractivity contribution in [1.82, 2.24) is 10.2 Å². The molecule has 28 heavy (non-hydrogen) atoms. The van der Waals surface area contributed by atoms with Gasteiger partial charge in [0.15, 0.2) is 11.5 Å². The van der Waals surface area contributed by atoms with Crippen LogP contribution in [0.25, 0.3) is 0 Å². The molecule has 2 N–H and O–H groups in total. The van der Waals surface area contributed by atoms with Crippen LogP contribution in [0.1, 0.15) is 28.8 Å². The summed E-state index contributed by atoms with van der Waals surface area (Å²) in [5.74, 6) is 0.769. The van der Waals surface area contributed by atoms with Gasteiger partial charge >= 0.3 is 0 Å². The van der Waals surface area contributed by atoms with E-state index in [2.05, 4.69) is 21.6 Å². The van der Waals surface area contributed by atoms with Crippen LogP contribution in [0.4, 0.5) is 10.1 Å². The normalized spacial score (nSPS) is 20.2. The molecule has 2 aromatic rings. The molecule has 0 aromatic heterocycles. The molecule has 7 heteroatoms. The second-order valence-electron chi connectivity index (χ2n) is 7.58. The Balaban J connectivity index is 1.26. The van der Waals surface area contributed by atoms with E-state index in [1.54, 1.807) is 12.1 Å². The van der Waals surface area contributed by atoms with Gasteiger partial charge in [0.2, 0.25) is 0 Å². The number of anilines is 1. The monoisotopic (exact) mass is 383 g/mol. The summed E-state index contributed by atoms with van der Waals surface area (Å²) >= 11 is 0. The summed E-state index contributed by atoms with van der Waals surface area (Å²) in [5.41, 5.74) is 1.34. The van der Waals surface area contributed by atoms with Crippen LogP contribution in [0.3, 0.4) is 0 Å². The number of nitrogens with one attached hydrogen (secondary N) is 2. The number of hydrogen-bond acceptors (Lipinski definition) is 5. The molecule has 0 radical (unpaired) electrons. The fraction of sp³-hybridized carbons (Fsp3) is 0.381. The van der Waals surface area contributed by atoms with Crippen molar-refractivity contribution < 1.29 is 18.7 Å². The molecule has 5 rings (SSSR count). The first-order valence-electron chi connectivity index (χ1n) is 9.62. The second-order valence-corrected chi connectivity index (χ2v) is 7.58. The first kappa shape index (κ1) is 17.3. The highest BCUT2D eigenvalue weighted by Gasteiger charge is 2.41. The molecular weight excluding hydrogens is 361 g/mol. The van der Waals surface area contributed by atoms with Crippen LogP contribution in [-0.2, 0) is 6.54 Å². The zero-order valence-electron chi connectivity index (χ0n) is 15.5. The van der Waals surface area contributed by atoms with Crippen LogP contribution in [0.5, 0.6) is 11.5 Å². The Labute approximate surface area is 162 Å². The summed E-state index contributed by atoms with van der Waals surface area (Å²) in [7, 11) is 0. The summed E-state index contributed by atoms with van der Waals surface area (Å²) in [4.78, 5) is 14.8. The SMILES string of the molecule is O=C1NC2(CCN(Cc3ccc4c(c3)OCCO4)CC2)Nc2cccc(F)c21. The summed E-state index contributed by atoms with van der Waals surface area (Å²) < 4.78 is 25.2. The van der Waals surface area contributed by atoms with E-state index in [0.717, 1.165) is 44.0 Å². The van der Waals surface area contributed by atoms with Gasteiger partial charge in [0.05, 0.1) is 11.3 Å². The number of ether oxygens (including phenoxy) is 2. The van der Waals surface area contributed by atoms with Crippen LogP contribution in [0.2, 0.25) is 0 Å². The smallest absolute Gasteiger partial charge is 0.258 e. The minimum atomic E-state index is -0.513. The van der Waals surface area contributed by atoms with Crippen LogP contribution in [-0.4, -0.2) is 42.8 Å². The molecule has 0 saturated carbocycles. The third kappa shape index (κ3) is 3.05. The zero-order chi connectivity index (χ0) is 19.1. The predicted octanol–water partition coefficient (Wildman–Crippen LogP) is 2.74. The molecule has 1 fully saturated rings. The molecule has 1 amide bonds. The molecule has 0 bridgehead atoms. The van der Waals surface area contributed by atoms with Gasteiger partial charge in [0, 0.05) is 32.5 Å². The predicted molar refractivity (Wildman–Crippen MR) is 102 cm³/mol. The third-order valence-electron chi connectivity index (χ3n) is 5.69. The molecule has 6 nitrogen and oxygen atoms in total. The lowest BCUT2D eigenvalue weighted by Crippen LogP contribution is -2.62. The van der Waals surface area contributed by atoms with Gasteiger partial charge in [-0.25, -0.2) is 4.39 Å². The van der Waals surface area contributed by atoms with Crippen molar-refractivity contribution in [2.75, 3.05) is 31.6 Å². The number of benzene rings is 2. The van der Waals surface area contributed by atoms with Gasteiger partial charge in [0.1, 0.15) is 24.7 Å². The lowest BCUT2D eigenvalue weighted by atomic mass is 9.92. The van der Waals surface area contributed by atoms with Gasteiger partial charge in [0.25, 0.3) is 5.91 Å². The maximum absolute atomic E-state index is 14.0.